The zero-order valence-corrected chi connectivity index (χ0v) is 27.3. The standard InChI is InChI=1S/C40H24S4/c1-21-3-7-23(8-4-21)25-11-13-33-29(15-25)37-39(41-33)31-17-27-20-36-32(18-28(27)19-35(31)43-37)40-38(44-36)30-16-26(12-14-34(30)42-40)24-9-5-22(2)6-10-24/h3-20H,1-2H3. The van der Waals surface area contributed by atoms with Crippen molar-refractivity contribution in [1.29, 1.82) is 0 Å². The Morgan fingerprint density at radius 1 is 0.318 bits per heavy atom. The SMILES string of the molecule is Cc1ccc(-c2ccc3sc4c5cc6cc7sc8c9cc(-c%10ccc(C)cc%10)ccc9sc8c7cc6cc5sc4c3c2)cc1. The van der Waals surface area contributed by atoms with Gasteiger partial charge in [-0.1, -0.05) is 71.8 Å². The summed E-state index contributed by atoms with van der Waals surface area (Å²) in [5, 5.41) is 8.21. The van der Waals surface area contributed by atoms with Crippen molar-refractivity contribution in [2.24, 2.45) is 0 Å². The molecule has 10 rings (SSSR count). The topological polar surface area (TPSA) is 0 Å². The molecule has 0 nitrogen and oxygen atoms in total. The minimum atomic E-state index is 1.28. The first-order chi connectivity index (χ1) is 21.6. The van der Waals surface area contributed by atoms with Crippen molar-refractivity contribution in [2.45, 2.75) is 13.8 Å². The molecule has 0 spiro atoms. The van der Waals surface area contributed by atoms with Gasteiger partial charge in [-0.25, -0.2) is 0 Å². The van der Waals surface area contributed by atoms with Crippen LogP contribution in [0, 0.1) is 13.8 Å². The lowest BCUT2D eigenvalue weighted by atomic mass is 10.0. The predicted molar refractivity (Wildman–Crippen MR) is 201 cm³/mol. The van der Waals surface area contributed by atoms with Gasteiger partial charge < -0.3 is 0 Å². The van der Waals surface area contributed by atoms with Crippen LogP contribution in [0.4, 0.5) is 0 Å². The van der Waals surface area contributed by atoms with Crippen molar-refractivity contribution < 1.29 is 0 Å². The Balaban J connectivity index is 1.14. The van der Waals surface area contributed by atoms with Crippen molar-refractivity contribution in [3.05, 3.63) is 120 Å². The zero-order valence-electron chi connectivity index (χ0n) is 24.0. The second-order valence-electron chi connectivity index (χ2n) is 11.9. The van der Waals surface area contributed by atoms with E-state index in [1.165, 1.54) is 103 Å². The van der Waals surface area contributed by atoms with Crippen molar-refractivity contribution in [3.8, 4) is 22.3 Å². The Hall–Kier alpha value is -4.06. The number of thiophene rings is 4. The van der Waals surface area contributed by atoms with E-state index in [1.807, 2.05) is 45.3 Å². The molecule has 0 aliphatic heterocycles. The molecular formula is C40H24S4. The fourth-order valence-corrected chi connectivity index (χ4v) is 11.9. The van der Waals surface area contributed by atoms with Crippen LogP contribution in [0.25, 0.3) is 92.2 Å². The van der Waals surface area contributed by atoms with Gasteiger partial charge in [-0.15, -0.1) is 45.3 Å². The highest BCUT2D eigenvalue weighted by molar-refractivity contribution is 7.37. The molecule has 0 saturated heterocycles. The van der Waals surface area contributed by atoms with Gasteiger partial charge in [0.15, 0.2) is 0 Å². The monoisotopic (exact) mass is 632 g/mol. The van der Waals surface area contributed by atoms with Gasteiger partial charge >= 0.3 is 0 Å². The summed E-state index contributed by atoms with van der Waals surface area (Å²) in [5.41, 5.74) is 7.73. The molecule has 4 aromatic heterocycles. The van der Waals surface area contributed by atoms with Gasteiger partial charge in [0, 0.05) is 40.3 Å². The van der Waals surface area contributed by atoms with Crippen LogP contribution < -0.4 is 0 Å². The molecule has 0 aliphatic rings. The Labute approximate surface area is 270 Å². The van der Waals surface area contributed by atoms with E-state index in [-0.39, 0.29) is 0 Å². The van der Waals surface area contributed by atoms with Crippen molar-refractivity contribution >= 4 is 115 Å². The van der Waals surface area contributed by atoms with Gasteiger partial charge in [0.2, 0.25) is 0 Å². The van der Waals surface area contributed by atoms with Crippen LogP contribution in [-0.2, 0) is 0 Å². The lowest BCUT2D eigenvalue weighted by molar-refractivity contribution is 1.47. The third-order valence-corrected chi connectivity index (χ3v) is 14.0. The van der Waals surface area contributed by atoms with Gasteiger partial charge in [-0.2, -0.15) is 0 Å². The molecule has 0 aliphatic carbocycles. The van der Waals surface area contributed by atoms with E-state index in [9.17, 15) is 0 Å². The van der Waals surface area contributed by atoms with E-state index in [0.29, 0.717) is 0 Å². The minimum Gasteiger partial charge on any atom is -0.134 e. The quantitative estimate of drug-likeness (QED) is 0.178. The summed E-state index contributed by atoms with van der Waals surface area (Å²) in [5.74, 6) is 0. The summed E-state index contributed by atoms with van der Waals surface area (Å²) in [6, 6.07) is 41.5. The largest absolute Gasteiger partial charge is 0.134 e. The van der Waals surface area contributed by atoms with Gasteiger partial charge in [0.05, 0.1) is 18.8 Å². The number of hydrogen-bond acceptors (Lipinski definition) is 4. The lowest BCUT2D eigenvalue weighted by Gasteiger charge is -2.03. The highest BCUT2D eigenvalue weighted by atomic mass is 32.1. The normalized spacial score (nSPS) is 12.3. The molecule has 0 bridgehead atoms. The first-order valence-electron chi connectivity index (χ1n) is 14.8. The second-order valence-corrected chi connectivity index (χ2v) is 16.1. The molecule has 10 aromatic rings. The van der Waals surface area contributed by atoms with Gasteiger partial charge in [0.25, 0.3) is 0 Å². The van der Waals surface area contributed by atoms with Crippen molar-refractivity contribution in [2.75, 3.05) is 0 Å². The number of aryl methyl sites for hydroxylation is 2. The van der Waals surface area contributed by atoms with E-state index in [4.69, 9.17) is 0 Å². The van der Waals surface area contributed by atoms with E-state index in [2.05, 4.69) is 123 Å². The number of fused-ring (bicyclic) bond motifs is 11. The fraction of sp³-hybridized carbons (Fsp3) is 0.0500. The van der Waals surface area contributed by atoms with E-state index in [0.717, 1.165) is 0 Å². The van der Waals surface area contributed by atoms with Crippen LogP contribution in [0.1, 0.15) is 11.1 Å². The maximum Gasteiger partial charge on any atom is 0.0542 e. The molecule has 0 atom stereocenters. The van der Waals surface area contributed by atoms with Crippen LogP contribution in [0.3, 0.4) is 0 Å². The summed E-state index contributed by atoms with van der Waals surface area (Å²) < 4.78 is 11.2. The molecule has 0 fully saturated rings. The molecule has 44 heavy (non-hydrogen) atoms. The number of hydrogen-bond donors (Lipinski definition) is 0. The molecule has 4 heteroatoms. The fourth-order valence-electron chi connectivity index (χ4n) is 6.61. The van der Waals surface area contributed by atoms with Gasteiger partial charge in [-0.3, -0.25) is 0 Å². The average molecular weight is 633 g/mol. The Bertz CT molecular complexity index is 2570. The van der Waals surface area contributed by atoms with E-state index < -0.39 is 0 Å². The highest BCUT2D eigenvalue weighted by Crippen LogP contribution is 2.49. The molecule has 0 amide bonds. The molecule has 0 unspecified atom stereocenters. The Kier molecular flexibility index (Phi) is 5.30. The van der Waals surface area contributed by atoms with Crippen molar-refractivity contribution in [1.82, 2.24) is 0 Å². The molecule has 0 saturated carbocycles. The van der Waals surface area contributed by atoms with Gasteiger partial charge in [0.1, 0.15) is 0 Å². The maximum atomic E-state index is 2.45. The predicted octanol–water partition coefficient (Wildman–Crippen LogP) is 14.0. The Morgan fingerprint density at radius 3 is 1.07 bits per heavy atom. The van der Waals surface area contributed by atoms with Crippen LogP contribution in [0.15, 0.2) is 109 Å². The first kappa shape index (κ1) is 25.3. The van der Waals surface area contributed by atoms with Crippen LogP contribution in [-0.4, -0.2) is 0 Å². The lowest BCUT2D eigenvalue weighted by Crippen LogP contribution is -1.78. The molecular weight excluding hydrogens is 609 g/mol. The smallest absolute Gasteiger partial charge is 0.0542 e. The number of benzene rings is 6. The molecule has 0 N–H and O–H groups in total. The van der Waals surface area contributed by atoms with Crippen molar-refractivity contribution in [3.63, 3.8) is 0 Å². The summed E-state index contributed by atoms with van der Waals surface area (Å²) in [6.07, 6.45) is 0. The van der Waals surface area contributed by atoms with Crippen LogP contribution >= 0.6 is 45.3 Å². The summed E-state index contributed by atoms with van der Waals surface area (Å²) in [6.45, 7) is 4.29. The molecule has 208 valence electrons. The molecule has 6 aromatic carbocycles. The summed E-state index contributed by atoms with van der Waals surface area (Å²) >= 11 is 7.78. The van der Waals surface area contributed by atoms with Crippen LogP contribution in [0.5, 0.6) is 0 Å². The first-order valence-corrected chi connectivity index (χ1v) is 18.1. The third kappa shape index (κ3) is 3.72. The second kappa shape index (κ2) is 9.23. The highest BCUT2D eigenvalue weighted by Gasteiger charge is 2.17. The average Bonchev–Trinajstić information content (AvgIpc) is 3.77. The maximum absolute atomic E-state index is 2.45. The minimum absolute atomic E-state index is 1.28. The third-order valence-electron chi connectivity index (χ3n) is 9.01. The van der Waals surface area contributed by atoms with Gasteiger partial charge in [-0.05, 0) is 95.4 Å². The molecule has 4 heterocycles. The summed E-state index contributed by atoms with van der Waals surface area (Å²) in [4.78, 5) is 0. The molecule has 0 radical (unpaired) electrons. The van der Waals surface area contributed by atoms with Crippen LogP contribution in [0.2, 0.25) is 0 Å². The zero-order chi connectivity index (χ0) is 29.1. The number of rotatable bonds is 2. The van der Waals surface area contributed by atoms with E-state index in [1.54, 1.807) is 0 Å². The summed E-state index contributed by atoms with van der Waals surface area (Å²) in [7, 11) is 0. The Morgan fingerprint density at radius 2 is 0.659 bits per heavy atom. The van der Waals surface area contributed by atoms with E-state index >= 15 is 0 Å².